The quantitative estimate of drug-likeness (QED) is 0.0670. The van der Waals surface area contributed by atoms with E-state index in [9.17, 15) is 10.2 Å². The zero-order chi connectivity index (χ0) is 50.4. The molecule has 0 saturated carbocycles. The summed E-state index contributed by atoms with van der Waals surface area (Å²) in [5.41, 5.74) is 5.63. The van der Waals surface area contributed by atoms with E-state index in [2.05, 4.69) is 0 Å². The second-order valence-electron chi connectivity index (χ2n) is 18.9. The van der Waals surface area contributed by atoms with Crippen LogP contribution in [0.4, 0.5) is 0 Å². The van der Waals surface area contributed by atoms with E-state index < -0.39 is 92.1 Å². The Kier molecular flexibility index (Phi) is 19.0. The average molecular weight is 997 g/mol. The largest absolute Gasteiger partial charge is 0.387 e. The van der Waals surface area contributed by atoms with Gasteiger partial charge in [0.15, 0.2) is 18.9 Å². The number of hydrogen-bond donors (Lipinski definition) is 2. The standard InChI is InChI=1S/C60H68O13/c1-40-50(63-34-43-22-10-4-11-23-43)49(61)53(59(70-40)73-56-54(66-37-46-28-16-7-17-29-46)51(41(2)69-58(56)62)64-35-44-24-12-5-13-25-44)72-60-57(68-39-48-32-20-9-21-33-48)55(67-38-47-30-18-8-19-31-47)52(42(3)71-60)65-36-45-26-14-6-15-27-45/h4-33,40-42,49-62H,34-39H2,1-3H3/t40-,41-,42+,49+,50-,51-,52+,53-,54+,55-,56-,57-,58-,59+,60+/m1/s1. The van der Waals surface area contributed by atoms with Gasteiger partial charge in [0.05, 0.1) is 58.0 Å². The second kappa shape index (κ2) is 26.3. The maximum Gasteiger partial charge on any atom is 0.187 e. The summed E-state index contributed by atoms with van der Waals surface area (Å²) in [6.07, 6.45) is -14.7. The Morgan fingerprint density at radius 1 is 0.301 bits per heavy atom. The van der Waals surface area contributed by atoms with Gasteiger partial charge in [-0.15, -0.1) is 0 Å². The lowest BCUT2D eigenvalue weighted by Crippen LogP contribution is -2.66. The molecule has 0 spiro atoms. The maximum atomic E-state index is 12.7. The average Bonchev–Trinajstić information content (AvgIpc) is 3.42. The lowest BCUT2D eigenvalue weighted by Gasteiger charge is -2.50. The molecule has 0 radical (unpaired) electrons. The summed E-state index contributed by atoms with van der Waals surface area (Å²) in [5.74, 6) is 0. The molecule has 6 aromatic rings. The van der Waals surface area contributed by atoms with Crippen molar-refractivity contribution in [3.63, 3.8) is 0 Å². The molecule has 0 aromatic heterocycles. The molecule has 9 rings (SSSR count). The van der Waals surface area contributed by atoms with Gasteiger partial charge in [-0.3, -0.25) is 0 Å². The summed E-state index contributed by atoms with van der Waals surface area (Å²) in [5, 5.41) is 24.6. The van der Waals surface area contributed by atoms with Crippen LogP contribution >= 0.6 is 0 Å². The van der Waals surface area contributed by atoms with Gasteiger partial charge in [0.1, 0.15) is 54.9 Å². The minimum atomic E-state index is -1.50. The molecule has 0 amide bonds. The summed E-state index contributed by atoms with van der Waals surface area (Å²) < 4.78 is 74.1. The van der Waals surface area contributed by atoms with Crippen LogP contribution in [0, 0.1) is 0 Å². The summed E-state index contributed by atoms with van der Waals surface area (Å²) >= 11 is 0. The topological polar surface area (TPSA) is 142 Å². The van der Waals surface area contributed by atoms with Crippen molar-refractivity contribution in [1.82, 2.24) is 0 Å². The summed E-state index contributed by atoms with van der Waals surface area (Å²) in [6.45, 7) is 6.89. The Morgan fingerprint density at radius 2 is 0.562 bits per heavy atom. The van der Waals surface area contributed by atoms with Crippen molar-refractivity contribution >= 4 is 0 Å². The fourth-order valence-electron chi connectivity index (χ4n) is 9.62. The molecule has 0 aliphatic carbocycles. The third-order valence-corrected chi connectivity index (χ3v) is 13.5. The summed E-state index contributed by atoms with van der Waals surface area (Å²) in [4.78, 5) is 0. The van der Waals surface area contributed by atoms with Crippen LogP contribution in [0.25, 0.3) is 0 Å². The molecule has 3 aliphatic heterocycles. The van der Waals surface area contributed by atoms with E-state index in [-0.39, 0.29) is 33.0 Å². The van der Waals surface area contributed by atoms with E-state index in [1.54, 1.807) is 0 Å². The highest BCUT2D eigenvalue weighted by atomic mass is 16.8. The van der Waals surface area contributed by atoms with Gasteiger partial charge in [0.2, 0.25) is 0 Å². The monoisotopic (exact) mass is 996 g/mol. The number of ether oxygens (including phenoxy) is 11. The van der Waals surface area contributed by atoms with Gasteiger partial charge in [-0.25, -0.2) is 0 Å². The van der Waals surface area contributed by atoms with E-state index in [4.69, 9.17) is 52.1 Å². The molecule has 386 valence electrons. The number of benzene rings is 6. The molecule has 0 unspecified atom stereocenters. The highest BCUT2D eigenvalue weighted by Gasteiger charge is 2.55. The van der Waals surface area contributed by atoms with E-state index in [1.807, 2.05) is 203 Å². The van der Waals surface area contributed by atoms with Crippen LogP contribution in [-0.4, -0.2) is 102 Å². The van der Waals surface area contributed by atoms with Gasteiger partial charge >= 0.3 is 0 Å². The van der Waals surface area contributed by atoms with Crippen LogP contribution in [0.3, 0.4) is 0 Å². The Morgan fingerprint density at radius 3 is 0.932 bits per heavy atom. The van der Waals surface area contributed by atoms with Crippen molar-refractivity contribution < 1.29 is 62.3 Å². The fourth-order valence-corrected chi connectivity index (χ4v) is 9.62. The highest BCUT2D eigenvalue weighted by Crippen LogP contribution is 2.37. The van der Waals surface area contributed by atoms with Gasteiger partial charge < -0.3 is 62.3 Å². The maximum absolute atomic E-state index is 12.7. The first-order valence-electron chi connectivity index (χ1n) is 25.3. The molecular weight excluding hydrogens is 929 g/mol. The molecule has 6 aromatic carbocycles. The first kappa shape index (κ1) is 52.7. The molecule has 3 aliphatic rings. The molecular formula is C60H68O13. The molecule has 0 bridgehead atoms. The smallest absolute Gasteiger partial charge is 0.187 e. The Bertz CT molecular complexity index is 2480. The molecule has 3 saturated heterocycles. The first-order valence-corrected chi connectivity index (χ1v) is 25.3. The predicted molar refractivity (Wildman–Crippen MR) is 271 cm³/mol. The van der Waals surface area contributed by atoms with Crippen LogP contribution in [0.1, 0.15) is 54.2 Å². The number of aliphatic hydroxyl groups excluding tert-OH is 2. The minimum absolute atomic E-state index is 0.178. The van der Waals surface area contributed by atoms with E-state index >= 15 is 0 Å². The van der Waals surface area contributed by atoms with Crippen LogP contribution < -0.4 is 0 Å². The van der Waals surface area contributed by atoms with Crippen LogP contribution in [-0.2, 0) is 91.7 Å². The van der Waals surface area contributed by atoms with Gasteiger partial charge in [0.25, 0.3) is 0 Å². The van der Waals surface area contributed by atoms with Crippen molar-refractivity contribution in [3.8, 4) is 0 Å². The lowest BCUT2D eigenvalue weighted by atomic mass is 9.96. The molecule has 13 heteroatoms. The molecule has 3 fully saturated rings. The Balaban J connectivity index is 1.05. The van der Waals surface area contributed by atoms with Crippen molar-refractivity contribution in [2.45, 2.75) is 153 Å². The van der Waals surface area contributed by atoms with Crippen molar-refractivity contribution in [3.05, 3.63) is 215 Å². The van der Waals surface area contributed by atoms with Gasteiger partial charge in [-0.1, -0.05) is 182 Å². The highest BCUT2D eigenvalue weighted by molar-refractivity contribution is 5.18. The zero-order valence-electron chi connectivity index (χ0n) is 41.6. The van der Waals surface area contributed by atoms with Gasteiger partial charge in [-0.05, 0) is 54.2 Å². The number of rotatable bonds is 22. The Hall–Kier alpha value is -5.20. The SMILES string of the molecule is C[C@@H]1O[C@@H](O[C@H]2[C@H](O[C@@H]3[C@@H](OCc4ccccc4)[C@H](OCc4ccccc4)[C@@H](C)O[C@H]3O)O[C@H](C)[C@@H](OCc3ccccc3)[C@@H]2O)[C@H](OCc2ccccc2)[C@H](OCc2ccccc2)[C@H]1OCc1ccccc1. The van der Waals surface area contributed by atoms with Gasteiger partial charge in [-0.2, -0.15) is 0 Å². The minimum Gasteiger partial charge on any atom is -0.387 e. The van der Waals surface area contributed by atoms with Crippen LogP contribution in [0.5, 0.6) is 0 Å². The van der Waals surface area contributed by atoms with Crippen LogP contribution in [0.2, 0.25) is 0 Å². The van der Waals surface area contributed by atoms with E-state index in [0.717, 1.165) is 33.4 Å². The summed E-state index contributed by atoms with van der Waals surface area (Å²) in [6, 6.07) is 58.9. The van der Waals surface area contributed by atoms with Crippen molar-refractivity contribution in [2.24, 2.45) is 0 Å². The molecule has 13 nitrogen and oxygen atoms in total. The summed E-state index contributed by atoms with van der Waals surface area (Å²) in [7, 11) is 0. The molecule has 15 atom stereocenters. The molecule has 2 N–H and O–H groups in total. The zero-order valence-corrected chi connectivity index (χ0v) is 41.6. The van der Waals surface area contributed by atoms with E-state index in [0.29, 0.717) is 6.61 Å². The number of hydrogen-bond acceptors (Lipinski definition) is 13. The Labute approximate surface area is 428 Å². The molecule has 3 heterocycles. The first-order chi connectivity index (χ1) is 35.8. The van der Waals surface area contributed by atoms with Crippen molar-refractivity contribution in [1.29, 1.82) is 0 Å². The predicted octanol–water partition coefficient (Wildman–Crippen LogP) is 8.86. The molecule has 73 heavy (non-hydrogen) atoms. The van der Waals surface area contributed by atoms with Crippen LogP contribution in [0.15, 0.2) is 182 Å². The van der Waals surface area contributed by atoms with Crippen molar-refractivity contribution in [2.75, 3.05) is 0 Å². The second-order valence-corrected chi connectivity index (χ2v) is 18.9. The fraction of sp³-hybridized carbons (Fsp3) is 0.400. The number of aliphatic hydroxyl groups is 2. The lowest BCUT2D eigenvalue weighted by molar-refractivity contribution is -0.395. The van der Waals surface area contributed by atoms with E-state index in [1.165, 1.54) is 0 Å². The third kappa shape index (κ3) is 14.1. The van der Waals surface area contributed by atoms with Gasteiger partial charge in [0, 0.05) is 0 Å². The normalized spacial score (nSPS) is 30.5. The third-order valence-electron chi connectivity index (χ3n) is 13.5.